The molecule has 12 nitrogen and oxygen atoms in total. The maximum Gasteiger partial charge on any atom is 0.338 e. The Bertz CT molecular complexity index is 1030. The SMILES string of the molecule is C[C@@]12C[C@@]3(O)O[C@H](O1)[C@]1(COC(=O)c4ccc(O)cc4)[C@@H]3C[C@@]12O[C@H]1OC(CO)C(O)C(O)C1O. The van der Waals surface area contributed by atoms with Crippen molar-refractivity contribution in [1.29, 1.82) is 0 Å². The first-order valence-corrected chi connectivity index (χ1v) is 11.5. The number of aliphatic hydroxyl groups excluding tert-OH is 4. The highest BCUT2D eigenvalue weighted by molar-refractivity contribution is 5.89. The summed E-state index contributed by atoms with van der Waals surface area (Å²) in [6, 6.07) is 5.54. The molecule has 0 amide bonds. The van der Waals surface area contributed by atoms with E-state index in [-0.39, 0.29) is 30.8 Å². The van der Waals surface area contributed by atoms with Crippen molar-refractivity contribution in [2.75, 3.05) is 13.2 Å². The molecule has 1 aromatic carbocycles. The third-order valence-corrected chi connectivity index (χ3v) is 8.66. The van der Waals surface area contributed by atoms with Crippen molar-refractivity contribution in [3.8, 4) is 5.75 Å². The number of phenols is 1. The molecular weight excluding hydrogens is 468 g/mol. The molecule has 4 saturated heterocycles. The van der Waals surface area contributed by atoms with Crippen molar-refractivity contribution in [1.82, 2.24) is 0 Å². The Kier molecular flexibility index (Phi) is 4.93. The van der Waals surface area contributed by atoms with Gasteiger partial charge in [0.25, 0.3) is 0 Å². The lowest BCUT2D eigenvalue weighted by atomic mass is 9.41. The predicted octanol–water partition coefficient (Wildman–Crippen LogP) is -1.65. The second-order valence-corrected chi connectivity index (χ2v) is 10.4. The number of rotatable bonds is 6. The number of aliphatic hydroxyl groups is 5. The average Bonchev–Trinajstić information content (AvgIpc) is 3.00. The van der Waals surface area contributed by atoms with Crippen molar-refractivity contribution in [3.63, 3.8) is 0 Å². The normalized spacial score (nSPS) is 51.3. The van der Waals surface area contributed by atoms with Gasteiger partial charge in [-0.2, -0.15) is 0 Å². The molecule has 35 heavy (non-hydrogen) atoms. The van der Waals surface area contributed by atoms with E-state index in [2.05, 4.69) is 0 Å². The summed E-state index contributed by atoms with van der Waals surface area (Å²) in [5, 5.41) is 61.2. The van der Waals surface area contributed by atoms with E-state index in [1.54, 1.807) is 6.92 Å². The van der Waals surface area contributed by atoms with Gasteiger partial charge in [0, 0.05) is 12.3 Å². The van der Waals surface area contributed by atoms with Crippen LogP contribution in [0.25, 0.3) is 0 Å². The number of aromatic hydroxyl groups is 1. The van der Waals surface area contributed by atoms with Crippen molar-refractivity contribution in [3.05, 3.63) is 29.8 Å². The van der Waals surface area contributed by atoms with E-state index in [1.165, 1.54) is 24.3 Å². The molecule has 6 N–H and O–H groups in total. The molecule has 7 fully saturated rings. The summed E-state index contributed by atoms with van der Waals surface area (Å²) in [5.74, 6) is -2.68. The number of hydrogen-bond donors (Lipinski definition) is 6. The van der Waals surface area contributed by atoms with Gasteiger partial charge in [-0.1, -0.05) is 0 Å². The van der Waals surface area contributed by atoms with Crippen LogP contribution >= 0.6 is 0 Å². The van der Waals surface area contributed by atoms with Gasteiger partial charge in [-0.3, -0.25) is 0 Å². The van der Waals surface area contributed by atoms with Crippen molar-refractivity contribution < 1.29 is 59.1 Å². The van der Waals surface area contributed by atoms with Gasteiger partial charge in [0.1, 0.15) is 48.0 Å². The molecule has 6 bridgehead atoms. The summed E-state index contributed by atoms with van der Waals surface area (Å²) < 4.78 is 29.6. The van der Waals surface area contributed by atoms with E-state index < -0.39 is 77.9 Å². The Balaban J connectivity index is 1.31. The molecule has 11 atom stereocenters. The molecule has 192 valence electrons. The fourth-order valence-corrected chi connectivity index (χ4v) is 6.90. The maximum absolute atomic E-state index is 12.7. The predicted molar refractivity (Wildman–Crippen MR) is 110 cm³/mol. The largest absolute Gasteiger partial charge is 0.508 e. The molecule has 1 aromatic rings. The smallest absolute Gasteiger partial charge is 0.338 e. The van der Waals surface area contributed by atoms with Gasteiger partial charge in [-0.25, -0.2) is 4.79 Å². The number of hydrogen-bond acceptors (Lipinski definition) is 12. The topological polar surface area (TPSA) is 185 Å². The Morgan fingerprint density at radius 1 is 1.11 bits per heavy atom. The van der Waals surface area contributed by atoms with Crippen molar-refractivity contribution in [2.45, 2.75) is 73.8 Å². The molecule has 0 spiro atoms. The van der Waals surface area contributed by atoms with E-state index in [0.29, 0.717) is 0 Å². The Hall–Kier alpha value is -1.87. The molecule has 8 rings (SSSR count). The summed E-state index contributed by atoms with van der Waals surface area (Å²) in [7, 11) is 0. The van der Waals surface area contributed by atoms with E-state index in [0.717, 1.165) is 0 Å². The van der Waals surface area contributed by atoms with Crippen LogP contribution < -0.4 is 0 Å². The van der Waals surface area contributed by atoms with Gasteiger partial charge in [0.05, 0.1) is 17.6 Å². The highest BCUT2D eigenvalue weighted by Gasteiger charge is 2.94. The van der Waals surface area contributed by atoms with Crippen molar-refractivity contribution in [2.24, 2.45) is 11.3 Å². The molecule has 3 saturated carbocycles. The maximum atomic E-state index is 12.7. The number of phenolic OH excluding ortho intramolecular Hbond substituents is 1. The van der Waals surface area contributed by atoms with Crippen LogP contribution in [0.1, 0.15) is 30.1 Å². The quantitative estimate of drug-likeness (QED) is 0.247. The third-order valence-electron chi connectivity index (χ3n) is 8.66. The monoisotopic (exact) mass is 496 g/mol. The number of esters is 1. The average molecular weight is 496 g/mol. The zero-order valence-electron chi connectivity index (χ0n) is 18.8. The van der Waals surface area contributed by atoms with Crippen molar-refractivity contribution >= 4 is 5.97 Å². The van der Waals surface area contributed by atoms with Crippen LogP contribution in [0.2, 0.25) is 0 Å². The molecule has 4 unspecified atom stereocenters. The zero-order chi connectivity index (χ0) is 25.0. The molecule has 0 radical (unpaired) electrons. The zero-order valence-corrected chi connectivity index (χ0v) is 18.8. The van der Waals surface area contributed by atoms with Crippen LogP contribution in [-0.2, 0) is 23.7 Å². The summed E-state index contributed by atoms with van der Waals surface area (Å²) in [5.41, 5.74) is -3.27. The van der Waals surface area contributed by atoms with Gasteiger partial charge >= 0.3 is 5.97 Å². The highest BCUT2D eigenvalue weighted by Crippen LogP contribution is 2.81. The minimum absolute atomic E-state index is 0.00282. The van der Waals surface area contributed by atoms with E-state index >= 15 is 0 Å². The minimum atomic E-state index is -1.64. The van der Waals surface area contributed by atoms with E-state index in [1.807, 2.05) is 0 Å². The van der Waals surface area contributed by atoms with Gasteiger partial charge < -0.3 is 54.3 Å². The van der Waals surface area contributed by atoms with Crippen LogP contribution in [0, 0.1) is 11.3 Å². The molecule has 7 aliphatic rings. The first-order chi connectivity index (χ1) is 16.5. The summed E-state index contributed by atoms with van der Waals surface area (Å²) in [6.07, 6.45) is -8.10. The second kappa shape index (κ2) is 7.34. The van der Waals surface area contributed by atoms with E-state index in [4.69, 9.17) is 23.7 Å². The first kappa shape index (κ1) is 23.5. The van der Waals surface area contributed by atoms with Gasteiger partial charge in [-0.15, -0.1) is 0 Å². The summed E-state index contributed by atoms with van der Waals surface area (Å²) in [6.45, 7) is 0.878. The second-order valence-electron chi connectivity index (χ2n) is 10.4. The minimum Gasteiger partial charge on any atom is -0.508 e. The fraction of sp³-hybridized carbons (Fsp3) is 0.696. The summed E-state index contributed by atoms with van der Waals surface area (Å²) in [4.78, 5) is 12.7. The summed E-state index contributed by atoms with van der Waals surface area (Å²) >= 11 is 0. The lowest BCUT2D eigenvalue weighted by molar-refractivity contribution is -0.424. The van der Waals surface area contributed by atoms with Gasteiger partial charge in [0.2, 0.25) is 0 Å². The Morgan fingerprint density at radius 2 is 1.83 bits per heavy atom. The highest BCUT2D eigenvalue weighted by atomic mass is 16.8. The Labute approximate surface area is 199 Å². The number of benzene rings is 1. The number of carbonyl (C=O) groups excluding carboxylic acids is 1. The molecule has 4 aliphatic heterocycles. The van der Waals surface area contributed by atoms with Gasteiger partial charge in [-0.05, 0) is 37.6 Å². The fourth-order valence-electron chi connectivity index (χ4n) is 6.90. The molecular formula is C23H28O12. The van der Waals surface area contributed by atoms with E-state index in [9.17, 15) is 35.4 Å². The first-order valence-electron chi connectivity index (χ1n) is 11.5. The Morgan fingerprint density at radius 3 is 2.51 bits per heavy atom. The standard InChI is InChI=1S/C23H28O12/c1-20-8-22(30)13-6-23(20,33-18-16(28)15(27)14(26)12(7-24)32-18)21(13,19(34-20)35-22)9-31-17(29)10-2-4-11(25)5-3-10/h2-5,12-16,18-19,24-28,30H,6-9H2,1H3/t12?,13-,14?,15?,16?,18+,19-,20-,21-,22+,23-/m0/s1. The molecule has 4 heterocycles. The number of carbonyl (C=O) groups is 1. The van der Waals surface area contributed by atoms with Crippen LogP contribution in [0.15, 0.2) is 24.3 Å². The molecule has 3 aliphatic carbocycles. The molecule has 12 heteroatoms. The van der Waals surface area contributed by atoms with Crippen LogP contribution in [-0.4, -0.2) is 104 Å². The van der Waals surface area contributed by atoms with Crippen LogP contribution in [0.5, 0.6) is 5.75 Å². The van der Waals surface area contributed by atoms with Gasteiger partial charge in [0.15, 0.2) is 18.4 Å². The number of ether oxygens (including phenoxy) is 5. The lowest BCUT2D eigenvalue weighted by Crippen LogP contribution is -2.80. The third kappa shape index (κ3) is 2.80. The van der Waals surface area contributed by atoms with Crippen LogP contribution in [0.3, 0.4) is 0 Å². The molecule has 0 aromatic heterocycles. The lowest BCUT2D eigenvalue weighted by Gasteiger charge is -2.67. The van der Waals surface area contributed by atoms with Crippen LogP contribution in [0.4, 0.5) is 0 Å².